The average Bonchev–Trinajstić information content (AvgIpc) is 3.29. The van der Waals surface area contributed by atoms with E-state index < -0.39 is 0 Å². The molecule has 2 atom stereocenters. The highest BCUT2D eigenvalue weighted by atomic mass is 16.5. The van der Waals surface area contributed by atoms with E-state index in [0.717, 1.165) is 103 Å². The fraction of sp³-hybridized carbons (Fsp3) is 0.909. The zero-order valence-corrected chi connectivity index (χ0v) is 17.3. The number of carbonyl (C=O) groups is 2. The third-order valence-corrected chi connectivity index (χ3v) is 7.36. The van der Waals surface area contributed by atoms with E-state index in [4.69, 9.17) is 4.74 Å². The van der Waals surface area contributed by atoms with Gasteiger partial charge in [0, 0.05) is 70.9 Å². The van der Waals surface area contributed by atoms with Crippen molar-refractivity contribution in [2.24, 2.45) is 17.8 Å². The maximum absolute atomic E-state index is 13.3. The van der Waals surface area contributed by atoms with Gasteiger partial charge < -0.3 is 14.5 Å². The summed E-state index contributed by atoms with van der Waals surface area (Å²) in [4.78, 5) is 32.9. The molecule has 158 valence electrons. The fourth-order valence-corrected chi connectivity index (χ4v) is 5.57. The van der Waals surface area contributed by atoms with E-state index in [0.29, 0.717) is 0 Å². The van der Waals surface area contributed by atoms with Gasteiger partial charge in [0.1, 0.15) is 0 Å². The van der Waals surface area contributed by atoms with Gasteiger partial charge in [0.25, 0.3) is 0 Å². The molecular weight excluding hydrogens is 354 g/mol. The summed E-state index contributed by atoms with van der Waals surface area (Å²) in [5, 5.41) is 0. The number of amides is 2. The highest BCUT2D eigenvalue weighted by molar-refractivity contribution is 5.88. The summed E-state index contributed by atoms with van der Waals surface area (Å²) in [7, 11) is 0. The minimum absolute atomic E-state index is 0.0698. The normalized spacial score (nSPS) is 30.6. The number of piperazine rings is 1. The van der Waals surface area contributed by atoms with E-state index in [9.17, 15) is 9.59 Å². The molecule has 4 fully saturated rings. The van der Waals surface area contributed by atoms with Crippen LogP contribution in [0, 0.1) is 17.8 Å². The van der Waals surface area contributed by atoms with E-state index in [-0.39, 0.29) is 23.7 Å². The minimum atomic E-state index is -0.0797. The molecule has 3 aliphatic heterocycles. The number of ether oxygens (including phenoxy) is 1. The lowest BCUT2D eigenvalue weighted by Crippen LogP contribution is -2.53. The standard InChI is InChI=1S/C22H37N3O3/c26-21(24-9-3-4-10-24)19-5-1-2-6-20(19)22(27)25-13-11-23(12-14-25)17-18-7-15-28-16-8-18/h18-20H,1-17H2. The largest absolute Gasteiger partial charge is 0.381 e. The van der Waals surface area contributed by atoms with E-state index >= 15 is 0 Å². The van der Waals surface area contributed by atoms with Crippen LogP contribution in [-0.2, 0) is 14.3 Å². The Morgan fingerprint density at radius 1 is 0.679 bits per heavy atom. The van der Waals surface area contributed by atoms with Gasteiger partial charge in [-0.25, -0.2) is 0 Å². The Morgan fingerprint density at radius 3 is 1.79 bits per heavy atom. The molecule has 2 amide bonds. The van der Waals surface area contributed by atoms with Crippen LogP contribution in [0.4, 0.5) is 0 Å². The van der Waals surface area contributed by atoms with Gasteiger partial charge in [-0.05, 0) is 44.4 Å². The van der Waals surface area contributed by atoms with Gasteiger partial charge in [-0.1, -0.05) is 12.8 Å². The van der Waals surface area contributed by atoms with Gasteiger partial charge in [0.15, 0.2) is 0 Å². The van der Waals surface area contributed by atoms with E-state index in [1.54, 1.807) is 0 Å². The third kappa shape index (κ3) is 4.70. The molecule has 6 heteroatoms. The van der Waals surface area contributed by atoms with Crippen molar-refractivity contribution < 1.29 is 14.3 Å². The summed E-state index contributed by atoms with van der Waals surface area (Å²) in [5.74, 6) is 1.11. The molecular formula is C22H37N3O3. The van der Waals surface area contributed by atoms with Crippen molar-refractivity contribution in [3.05, 3.63) is 0 Å². The maximum atomic E-state index is 13.3. The lowest BCUT2D eigenvalue weighted by Gasteiger charge is -2.40. The van der Waals surface area contributed by atoms with Crippen molar-refractivity contribution in [3.8, 4) is 0 Å². The molecule has 2 unspecified atom stereocenters. The van der Waals surface area contributed by atoms with Crippen LogP contribution in [0.15, 0.2) is 0 Å². The third-order valence-electron chi connectivity index (χ3n) is 7.36. The Morgan fingerprint density at radius 2 is 1.21 bits per heavy atom. The smallest absolute Gasteiger partial charge is 0.226 e. The van der Waals surface area contributed by atoms with Gasteiger partial charge in [0.2, 0.25) is 11.8 Å². The summed E-state index contributed by atoms with van der Waals surface area (Å²) in [6.07, 6.45) is 8.54. The fourth-order valence-electron chi connectivity index (χ4n) is 5.57. The first-order valence-corrected chi connectivity index (χ1v) is 11.6. The maximum Gasteiger partial charge on any atom is 0.226 e. The SMILES string of the molecule is O=C(C1CCCCC1C(=O)N1CCN(CC2CCOCC2)CC1)N1CCCC1. The molecule has 0 aromatic carbocycles. The van der Waals surface area contributed by atoms with E-state index in [1.165, 1.54) is 12.8 Å². The first kappa shape index (κ1) is 20.1. The zero-order chi connectivity index (χ0) is 19.3. The number of hydrogen-bond donors (Lipinski definition) is 0. The topological polar surface area (TPSA) is 53.1 Å². The first-order valence-electron chi connectivity index (χ1n) is 11.6. The van der Waals surface area contributed by atoms with Gasteiger partial charge in [-0.3, -0.25) is 14.5 Å². The molecule has 0 N–H and O–H groups in total. The Balaban J connectivity index is 1.29. The molecule has 28 heavy (non-hydrogen) atoms. The second kappa shape index (κ2) is 9.57. The number of carbonyl (C=O) groups excluding carboxylic acids is 2. The number of likely N-dealkylation sites (tertiary alicyclic amines) is 1. The van der Waals surface area contributed by atoms with Crippen molar-refractivity contribution in [2.75, 3.05) is 59.0 Å². The molecule has 1 aliphatic carbocycles. The molecule has 1 saturated carbocycles. The molecule has 0 aromatic rings. The minimum Gasteiger partial charge on any atom is -0.381 e. The van der Waals surface area contributed by atoms with E-state index in [1.807, 2.05) is 4.90 Å². The van der Waals surface area contributed by atoms with Gasteiger partial charge >= 0.3 is 0 Å². The van der Waals surface area contributed by atoms with Crippen LogP contribution in [0.3, 0.4) is 0 Å². The van der Waals surface area contributed by atoms with Crippen LogP contribution >= 0.6 is 0 Å². The monoisotopic (exact) mass is 391 g/mol. The lowest BCUT2D eigenvalue weighted by atomic mass is 9.77. The molecule has 4 aliphatic rings. The van der Waals surface area contributed by atoms with Crippen LogP contribution in [0.25, 0.3) is 0 Å². The molecule has 0 bridgehead atoms. The second-order valence-corrected chi connectivity index (χ2v) is 9.21. The summed E-state index contributed by atoms with van der Waals surface area (Å²) < 4.78 is 5.47. The predicted molar refractivity (Wildman–Crippen MR) is 108 cm³/mol. The number of hydrogen-bond acceptors (Lipinski definition) is 4. The van der Waals surface area contributed by atoms with Crippen molar-refractivity contribution in [1.29, 1.82) is 0 Å². The van der Waals surface area contributed by atoms with Crippen LogP contribution in [0.1, 0.15) is 51.4 Å². The van der Waals surface area contributed by atoms with Gasteiger partial charge in [0.05, 0.1) is 0 Å². The Hall–Kier alpha value is -1.14. The highest BCUT2D eigenvalue weighted by Crippen LogP contribution is 2.34. The summed E-state index contributed by atoms with van der Waals surface area (Å²) in [6.45, 7) is 8.31. The Kier molecular flexibility index (Phi) is 6.89. The molecule has 0 aromatic heterocycles. The summed E-state index contributed by atoms with van der Waals surface area (Å²) in [6, 6.07) is 0. The quantitative estimate of drug-likeness (QED) is 0.735. The average molecular weight is 392 g/mol. The molecule has 0 radical (unpaired) electrons. The van der Waals surface area contributed by atoms with Crippen molar-refractivity contribution in [3.63, 3.8) is 0 Å². The van der Waals surface area contributed by atoms with Crippen LogP contribution in [-0.4, -0.2) is 85.5 Å². The van der Waals surface area contributed by atoms with Crippen LogP contribution in [0.5, 0.6) is 0 Å². The Bertz CT molecular complexity index is 535. The van der Waals surface area contributed by atoms with Crippen molar-refractivity contribution in [2.45, 2.75) is 51.4 Å². The number of rotatable bonds is 4. The van der Waals surface area contributed by atoms with Gasteiger partial charge in [-0.15, -0.1) is 0 Å². The molecule has 3 heterocycles. The second-order valence-electron chi connectivity index (χ2n) is 9.21. The Labute approximate surface area is 169 Å². The van der Waals surface area contributed by atoms with E-state index in [2.05, 4.69) is 9.80 Å². The lowest BCUT2D eigenvalue weighted by molar-refractivity contribution is -0.148. The van der Waals surface area contributed by atoms with Crippen LogP contribution < -0.4 is 0 Å². The van der Waals surface area contributed by atoms with Gasteiger partial charge in [-0.2, -0.15) is 0 Å². The summed E-state index contributed by atoms with van der Waals surface area (Å²) in [5.41, 5.74) is 0. The summed E-state index contributed by atoms with van der Waals surface area (Å²) >= 11 is 0. The number of nitrogens with zero attached hydrogens (tertiary/aromatic N) is 3. The molecule has 4 rings (SSSR count). The van der Waals surface area contributed by atoms with Crippen molar-refractivity contribution in [1.82, 2.24) is 14.7 Å². The van der Waals surface area contributed by atoms with Crippen molar-refractivity contribution >= 4 is 11.8 Å². The van der Waals surface area contributed by atoms with Crippen LogP contribution in [0.2, 0.25) is 0 Å². The first-order chi connectivity index (χ1) is 13.7. The zero-order valence-electron chi connectivity index (χ0n) is 17.3. The molecule has 0 spiro atoms. The highest BCUT2D eigenvalue weighted by Gasteiger charge is 2.40. The molecule has 6 nitrogen and oxygen atoms in total. The predicted octanol–water partition coefficient (Wildman–Crippen LogP) is 1.99. The molecule has 3 saturated heterocycles.